The minimum absolute atomic E-state index is 0.0567. The summed E-state index contributed by atoms with van der Waals surface area (Å²) in [5, 5.41) is 8.43. The molecular formula is C9H10N6O2. The molecule has 8 nitrogen and oxygen atoms in total. The quantitative estimate of drug-likeness (QED) is 0.686. The molecule has 0 radical (unpaired) electrons. The number of carbonyl (C=O) groups excluding carboxylic acids is 1. The summed E-state index contributed by atoms with van der Waals surface area (Å²) in [6, 6.07) is -0.0567. The van der Waals surface area contributed by atoms with Gasteiger partial charge in [-0.3, -0.25) is 0 Å². The lowest BCUT2D eigenvalue weighted by Crippen LogP contribution is -2.12. The predicted octanol–water partition coefficient (Wildman–Crippen LogP) is -0.668. The highest BCUT2D eigenvalue weighted by molar-refractivity contribution is 5.79. The number of fused-ring (bicyclic) bond motifs is 1. The zero-order valence-corrected chi connectivity index (χ0v) is 8.85. The lowest BCUT2D eigenvalue weighted by molar-refractivity contribution is -0.115. The van der Waals surface area contributed by atoms with Gasteiger partial charge in [-0.2, -0.15) is 4.80 Å². The van der Waals surface area contributed by atoms with Gasteiger partial charge in [0.25, 0.3) is 0 Å². The number of ether oxygens (including phenoxy) is 1. The number of aromatic nitrogens is 5. The van der Waals surface area contributed by atoms with Crippen LogP contribution < -0.4 is 5.73 Å². The zero-order chi connectivity index (χ0) is 11.8. The van der Waals surface area contributed by atoms with Crippen LogP contribution in [0.5, 0.6) is 0 Å². The van der Waals surface area contributed by atoms with E-state index < -0.39 is 0 Å². The molecule has 0 aliphatic carbocycles. The lowest BCUT2D eigenvalue weighted by Gasteiger charge is -2.04. The van der Waals surface area contributed by atoms with Crippen molar-refractivity contribution >= 4 is 23.3 Å². The molecule has 2 N–H and O–H groups in total. The van der Waals surface area contributed by atoms with Gasteiger partial charge >= 0.3 is 0 Å². The lowest BCUT2D eigenvalue weighted by atomic mass is 10.2. The van der Waals surface area contributed by atoms with Crippen molar-refractivity contribution in [2.24, 2.45) is 0 Å². The summed E-state index contributed by atoms with van der Waals surface area (Å²) in [6.45, 7) is 0.414. The van der Waals surface area contributed by atoms with Crippen LogP contribution in [0.15, 0.2) is 6.33 Å². The van der Waals surface area contributed by atoms with Gasteiger partial charge < -0.3 is 15.3 Å². The average molecular weight is 234 g/mol. The van der Waals surface area contributed by atoms with E-state index in [4.69, 9.17) is 10.5 Å². The molecule has 2 aromatic heterocycles. The van der Waals surface area contributed by atoms with Crippen molar-refractivity contribution < 1.29 is 9.53 Å². The number of nitrogens with two attached hydrogens (primary N) is 1. The summed E-state index contributed by atoms with van der Waals surface area (Å²) in [5.74, 6) is 0.298. The Morgan fingerprint density at radius 1 is 1.47 bits per heavy atom. The molecule has 8 heteroatoms. The Balaban J connectivity index is 1.96. The van der Waals surface area contributed by atoms with Gasteiger partial charge in [-0.05, 0) is 0 Å². The Morgan fingerprint density at radius 2 is 2.35 bits per heavy atom. The first kappa shape index (κ1) is 10.1. The van der Waals surface area contributed by atoms with Crippen molar-refractivity contribution in [1.82, 2.24) is 25.0 Å². The van der Waals surface area contributed by atoms with Gasteiger partial charge in [0.05, 0.1) is 12.6 Å². The maximum atomic E-state index is 10.6. The van der Waals surface area contributed by atoms with Crippen molar-refractivity contribution in [1.29, 1.82) is 0 Å². The van der Waals surface area contributed by atoms with Gasteiger partial charge in [0.15, 0.2) is 11.3 Å². The number of aldehydes is 1. The number of rotatable bonds is 2. The second kappa shape index (κ2) is 3.74. The van der Waals surface area contributed by atoms with E-state index in [1.165, 1.54) is 11.1 Å². The number of nitrogen functional groups attached to an aromatic ring is 1. The molecule has 2 atom stereocenters. The van der Waals surface area contributed by atoms with Crippen molar-refractivity contribution in [3.8, 4) is 0 Å². The Bertz CT molecular complexity index is 568. The molecule has 17 heavy (non-hydrogen) atoms. The molecule has 1 aliphatic rings. The molecule has 3 rings (SSSR count). The Hall–Kier alpha value is -2.09. The maximum absolute atomic E-state index is 10.6. The van der Waals surface area contributed by atoms with Crippen molar-refractivity contribution in [2.45, 2.75) is 18.6 Å². The van der Waals surface area contributed by atoms with Gasteiger partial charge in [-0.25, -0.2) is 9.97 Å². The largest absolute Gasteiger partial charge is 0.382 e. The fourth-order valence-corrected chi connectivity index (χ4v) is 1.83. The second-order valence-electron chi connectivity index (χ2n) is 3.85. The minimum atomic E-state index is -0.377. The summed E-state index contributed by atoms with van der Waals surface area (Å²) < 4.78 is 5.26. The number of hydrogen-bond donors (Lipinski definition) is 1. The highest BCUT2D eigenvalue weighted by atomic mass is 16.5. The Labute approximate surface area is 95.8 Å². The third kappa shape index (κ3) is 1.62. The molecule has 2 aromatic rings. The first-order valence-electron chi connectivity index (χ1n) is 5.18. The summed E-state index contributed by atoms with van der Waals surface area (Å²) in [7, 11) is 0. The van der Waals surface area contributed by atoms with E-state index in [-0.39, 0.29) is 12.1 Å². The molecule has 1 aliphatic heterocycles. The van der Waals surface area contributed by atoms with E-state index in [0.29, 0.717) is 30.0 Å². The number of anilines is 1. The first-order chi connectivity index (χ1) is 8.28. The Kier molecular flexibility index (Phi) is 2.22. The summed E-state index contributed by atoms with van der Waals surface area (Å²) in [6.07, 6.45) is 2.32. The fraction of sp³-hybridized carbons (Fsp3) is 0.444. The van der Waals surface area contributed by atoms with Crippen LogP contribution in [0, 0.1) is 0 Å². The third-order valence-electron chi connectivity index (χ3n) is 2.72. The second-order valence-corrected chi connectivity index (χ2v) is 3.85. The molecule has 88 valence electrons. The van der Waals surface area contributed by atoms with Crippen molar-refractivity contribution in [2.75, 3.05) is 12.3 Å². The number of carbonyl (C=O) groups is 1. The van der Waals surface area contributed by atoms with E-state index in [1.54, 1.807) is 0 Å². The molecular weight excluding hydrogens is 224 g/mol. The summed E-state index contributed by atoms with van der Waals surface area (Å²) in [4.78, 5) is 19.9. The fourth-order valence-electron chi connectivity index (χ4n) is 1.83. The summed E-state index contributed by atoms with van der Waals surface area (Å²) >= 11 is 0. The van der Waals surface area contributed by atoms with Crippen LogP contribution >= 0.6 is 0 Å². The van der Waals surface area contributed by atoms with Crippen LogP contribution in [-0.2, 0) is 9.53 Å². The van der Waals surface area contributed by atoms with E-state index in [9.17, 15) is 4.79 Å². The predicted molar refractivity (Wildman–Crippen MR) is 57.0 cm³/mol. The molecule has 0 saturated carbocycles. The number of nitrogens with zero attached hydrogens (tertiary/aromatic N) is 5. The molecule has 3 heterocycles. The van der Waals surface area contributed by atoms with Gasteiger partial charge in [-0.1, -0.05) is 0 Å². The molecule has 0 unspecified atom stereocenters. The van der Waals surface area contributed by atoms with Crippen LogP contribution in [0.4, 0.5) is 5.82 Å². The molecule has 0 aromatic carbocycles. The van der Waals surface area contributed by atoms with Crippen LogP contribution in [0.3, 0.4) is 0 Å². The topological polar surface area (TPSA) is 109 Å². The molecule has 1 saturated heterocycles. The van der Waals surface area contributed by atoms with Crippen LogP contribution in [0.2, 0.25) is 0 Å². The van der Waals surface area contributed by atoms with Crippen molar-refractivity contribution in [3.63, 3.8) is 0 Å². The average Bonchev–Trinajstić information content (AvgIpc) is 2.95. The van der Waals surface area contributed by atoms with E-state index in [1.807, 2.05) is 0 Å². The molecule has 0 amide bonds. The molecule has 0 spiro atoms. The summed E-state index contributed by atoms with van der Waals surface area (Å²) in [5.41, 5.74) is 6.59. The van der Waals surface area contributed by atoms with Crippen LogP contribution in [0.1, 0.15) is 12.5 Å². The van der Waals surface area contributed by atoms with Crippen LogP contribution in [-0.4, -0.2) is 44.0 Å². The van der Waals surface area contributed by atoms with E-state index in [2.05, 4.69) is 20.2 Å². The van der Waals surface area contributed by atoms with E-state index in [0.717, 1.165) is 6.29 Å². The van der Waals surface area contributed by atoms with Crippen molar-refractivity contribution in [3.05, 3.63) is 6.33 Å². The van der Waals surface area contributed by atoms with Gasteiger partial charge in [0, 0.05) is 6.42 Å². The van der Waals surface area contributed by atoms with Crippen LogP contribution in [0.25, 0.3) is 11.2 Å². The number of hydrogen-bond acceptors (Lipinski definition) is 7. The van der Waals surface area contributed by atoms with E-state index >= 15 is 0 Å². The van der Waals surface area contributed by atoms with Gasteiger partial charge in [0.2, 0.25) is 5.65 Å². The highest BCUT2D eigenvalue weighted by Gasteiger charge is 2.28. The van der Waals surface area contributed by atoms with Gasteiger partial charge in [0.1, 0.15) is 18.7 Å². The van der Waals surface area contributed by atoms with Gasteiger partial charge in [-0.15, -0.1) is 10.2 Å². The first-order valence-corrected chi connectivity index (χ1v) is 5.18. The standard InChI is InChI=1S/C9H10N6O2/c10-8-7-9(12-4-11-8)14-15(13-7)5-1-6(2-16)17-3-5/h2,4-6H,1,3H2,(H2,10,11,12,14)/t5-,6-/m1/s1. The monoisotopic (exact) mass is 234 g/mol. The smallest absolute Gasteiger partial charge is 0.207 e. The maximum Gasteiger partial charge on any atom is 0.207 e. The highest BCUT2D eigenvalue weighted by Crippen LogP contribution is 2.23. The normalized spacial score (nSPS) is 24.2. The zero-order valence-electron chi connectivity index (χ0n) is 8.85. The molecule has 1 fully saturated rings. The SMILES string of the molecule is Nc1ncnc2nn([C@H]3CO[C@@H](C=O)C3)nc12. The minimum Gasteiger partial charge on any atom is -0.382 e. The molecule has 0 bridgehead atoms. The third-order valence-corrected chi connectivity index (χ3v) is 2.72. The Morgan fingerprint density at radius 3 is 3.06 bits per heavy atom.